The molecule has 17 heavy (non-hydrogen) atoms. The molecule has 0 atom stereocenters. The van der Waals surface area contributed by atoms with Crippen LogP contribution in [0.15, 0.2) is 42.1 Å². The molecular weight excluding hydrogens is 212 g/mol. The van der Waals surface area contributed by atoms with Gasteiger partial charge in [-0.2, -0.15) is 0 Å². The largest absolute Gasteiger partial charge is 0.477 e. The van der Waals surface area contributed by atoms with Crippen LogP contribution in [0.5, 0.6) is 0 Å². The molecule has 0 saturated carbocycles. The number of carboxylic acids is 1. The van der Waals surface area contributed by atoms with Crippen LogP contribution in [0, 0.1) is 0 Å². The first kappa shape index (κ1) is 13.3. The van der Waals surface area contributed by atoms with Crippen LogP contribution in [0.1, 0.15) is 31.9 Å². The van der Waals surface area contributed by atoms with E-state index in [1.807, 2.05) is 24.3 Å². The van der Waals surface area contributed by atoms with Crippen LogP contribution in [-0.2, 0) is 16.6 Å². The summed E-state index contributed by atoms with van der Waals surface area (Å²) in [5, 5.41) is 8.88. The highest BCUT2D eigenvalue weighted by molar-refractivity contribution is 5.86. The third-order valence-corrected chi connectivity index (χ3v) is 2.67. The van der Waals surface area contributed by atoms with Gasteiger partial charge in [-0.3, -0.25) is 0 Å². The van der Waals surface area contributed by atoms with E-state index in [4.69, 9.17) is 5.11 Å². The minimum absolute atomic E-state index is 0.114. The van der Waals surface area contributed by atoms with Crippen molar-refractivity contribution in [2.45, 2.75) is 32.6 Å². The van der Waals surface area contributed by atoms with Crippen LogP contribution in [0.3, 0.4) is 0 Å². The van der Waals surface area contributed by atoms with Gasteiger partial charge in [0.2, 0.25) is 0 Å². The Morgan fingerprint density at radius 3 is 2.18 bits per heavy atom. The van der Waals surface area contributed by atoms with Crippen molar-refractivity contribution in [1.29, 1.82) is 0 Å². The predicted molar refractivity (Wildman–Crippen MR) is 69.1 cm³/mol. The van der Waals surface area contributed by atoms with Gasteiger partial charge in [-0.1, -0.05) is 51.6 Å². The van der Waals surface area contributed by atoms with E-state index in [-0.39, 0.29) is 11.0 Å². The van der Waals surface area contributed by atoms with Crippen LogP contribution in [0.4, 0.5) is 0 Å². The molecule has 0 aliphatic carbocycles. The van der Waals surface area contributed by atoms with Crippen LogP contribution >= 0.6 is 0 Å². The number of carboxylic acid groups (broad SMARTS) is 1. The first-order valence-electron chi connectivity index (χ1n) is 5.56. The first-order valence-corrected chi connectivity index (χ1v) is 5.56. The molecule has 0 radical (unpaired) electrons. The number of rotatable bonds is 3. The Labute approximate surface area is 102 Å². The molecule has 0 spiro atoms. The van der Waals surface area contributed by atoms with Gasteiger partial charge in [-0.05, 0) is 16.5 Å². The molecule has 90 valence electrons. The fourth-order valence-corrected chi connectivity index (χ4v) is 1.54. The van der Waals surface area contributed by atoms with Gasteiger partial charge in [0.1, 0.15) is 0 Å². The predicted octanol–water partition coefficient (Wildman–Crippen LogP) is 3.32. The highest BCUT2D eigenvalue weighted by atomic mass is 16.4. The topological polar surface area (TPSA) is 37.3 Å². The molecule has 0 amide bonds. The quantitative estimate of drug-likeness (QED) is 0.639. The van der Waals surface area contributed by atoms with Crippen molar-refractivity contribution in [1.82, 2.24) is 0 Å². The summed E-state index contributed by atoms with van der Waals surface area (Å²) in [7, 11) is 0. The summed E-state index contributed by atoms with van der Waals surface area (Å²) >= 11 is 0. The second-order valence-corrected chi connectivity index (χ2v) is 5.08. The normalized spacial score (nSPS) is 10.8. The fourth-order valence-electron chi connectivity index (χ4n) is 1.54. The highest BCUT2D eigenvalue weighted by Gasteiger charge is 2.13. The second-order valence-electron chi connectivity index (χ2n) is 5.08. The lowest BCUT2D eigenvalue weighted by Crippen LogP contribution is -2.11. The molecule has 0 aliphatic heterocycles. The molecule has 0 aromatic heterocycles. The van der Waals surface area contributed by atoms with E-state index in [2.05, 4.69) is 33.1 Å². The van der Waals surface area contributed by atoms with E-state index in [1.54, 1.807) is 0 Å². The molecule has 0 heterocycles. The molecule has 0 fully saturated rings. The number of hydrogen-bond donors (Lipinski definition) is 1. The maximum absolute atomic E-state index is 10.8. The van der Waals surface area contributed by atoms with Crippen molar-refractivity contribution in [3.05, 3.63) is 53.3 Å². The Morgan fingerprint density at radius 1 is 1.29 bits per heavy atom. The van der Waals surface area contributed by atoms with Gasteiger partial charge in [-0.15, -0.1) is 5.73 Å². The maximum atomic E-state index is 10.8. The van der Waals surface area contributed by atoms with Crippen LogP contribution in [-0.4, -0.2) is 11.1 Å². The Kier molecular flexibility index (Phi) is 3.93. The Balaban J connectivity index is 2.90. The van der Waals surface area contributed by atoms with Crippen LogP contribution in [0.25, 0.3) is 0 Å². The van der Waals surface area contributed by atoms with E-state index < -0.39 is 5.97 Å². The van der Waals surface area contributed by atoms with Gasteiger partial charge >= 0.3 is 5.97 Å². The molecule has 0 aliphatic rings. The summed E-state index contributed by atoms with van der Waals surface area (Å²) in [6, 6.07) is 8.00. The zero-order valence-electron chi connectivity index (χ0n) is 10.6. The Morgan fingerprint density at radius 2 is 1.82 bits per heavy atom. The summed E-state index contributed by atoms with van der Waals surface area (Å²) in [6.45, 7) is 9.83. The lowest BCUT2D eigenvalue weighted by atomic mass is 9.86. The molecule has 1 rings (SSSR count). The van der Waals surface area contributed by atoms with Crippen molar-refractivity contribution in [3.8, 4) is 0 Å². The number of carbonyl (C=O) groups is 1. The summed E-state index contributed by atoms with van der Waals surface area (Å²) in [6.07, 6.45) is 0.364. The van der Waals surface area contributed by atoms with Crippen molar-refractivity contribution >= 4 is 5.97 Å². The molecule has 2 nitrogen and oxygen atoms in total. The minimum Gasteiger partial charge on any atom is -0.477 e. The van der Waals surface area contributed by atoms with Crippen molar-refractivity contribution in [3.63, 3.8) is 0 Å². The molecule has 0 unspecified atom stereocenters. The zero-order chi connectivity index (χ0) is 13.1. The smallest absolute Gasteiger partial charge is 0.339 e. The SMILES string of the molecule is C=C=C(Cc1ccc(C(C)(C)C)cc1)C(=O)O. The van der Waals surface area contributed by atoms with Gasteiger partial charge in [0.05, 0.1) is 5.57 Å². The summed E-state index contributed by atoms with van der Waals surface area (Å²) in [5.41, 5.74) is 4.98. The number of aliphatic carboxylic acids is 1. The van der Waals surface area contributed by atoms with Gasteiger partial charge < -0.3 is 5.11 Å². The van der Waals surface area contributed by atoms with Gasteiger partial charge in [0, 0.05) is 6.42 Å². The first-order chi connectivity index (χ1) is 7.84. The lowest BCUT2D eigenvalue weighted by molar-refractivity contribution is -0.132. The van der Waals surface area contributed by atoms with Gasteiger partial charge in [0.25, 0.3) is 0 Å². The standard InChI is InChI=1S/C15H18O2/c1-5-12(14(16)17)10-11-6-8-13(9-7-11)15(2,3)4/h6-9H,1,10H2,2-4H3,(H,16,17). The van der Waals surface area contributed by atoms with Crippen molar-refractivity contribution < 1.29 is 9.90 Å². The van der Waals surface area contributed by atoms with Crippen LogP contribution in [0.2, 0.25) is 0 Å². The molecule has 0 bridgehead atoms. The summed E-state index contributed by atoms with van der Waals surface area (Å²) in [4.78, 5) is 10.8. The van der Waals surface area contributed by atoms with E-state index in [1.165, 1.54) is 5.56 Å². The average Bonchev–Trinajstić information content (AvgIpc) is 2.25. The Hall–Kier alpha value is -1.79. The molecule has 2 heteroatoms. The van der Waals surface area contributed by atoms with E-state index >= 15 is 0 Å². The molecule has 0 saturated heterocycles. The van der Waals surface area contributed by atoms with Gasteiger partial charge in [0.15, 0.2) is 0 Å². The maximum Gasteiger partial charge on any atom is 0.339 e. The minimum atomic E-state index is -0.958. The van der Waals surface area contributed by atoms with Crippen LogP contribution < -0.4 is 0 Å². The van der Waals surface area contributed by atoms with Crippen molar-refractivity contribution in [2.24, 2.45) is 0 Å². The molecule has 1 N–H and O–H groups in total. The monoisotopic (exact) mass is 230 g/mol. The summed E-state index contributed by atoms with van der Waals surface area (Å²) < 4.78 is 0. The fraction of sp³-hybridized carbons (Fsp3) is 0.333. The summed E-state index contributed by atoms with van der Waals surface area (Å²) in [5.74, 6) is -0.958. The third kappa shape index (κ3) is 3.61. The molecule has 1 aromatic rings. The third-order valence-electron chi connectivity index (χ3n) is 2.67. The molecule has 1 aromatic carbocycles. The number of hydrogen-bond acceptors (Lipinski definition) is 1. The number of benzene rings is 1. The van der Waals surface area contributed by atoms with Gasteiger partial charge in [-0.25, -0.2) is 4.79 Å². The second kappa shape index (κ2) is 5.03. The lowest BCUT2D eigenvalue weighted by Gasteiger charge is -2.19. The molecular formula is C15H18O2. The average molecular weight is 230 g/mol. The van der Waals surface area contributed by atoms with E-state index in [0.717, 1.165) is 5.56 Å². The van der Waals surface area contributed by atoms with E-state index in [9.17, 15) is 4.79 Å². The highest BCUT2D eigenvalue weighted by Crippen LogP contribution is 2.22. The van der Waals surface area contributed by atoms with E-state index in [0.29, 0.717) is 6.42 Å². The zero-order valence-corrected chi connectivity index (χ0v) is 10.6. The van der Waals surface area contributed by atoms with Crippen molar-refractivity contribution in [2.75, 3.05) is 0 Å². The Bertz CT molecular complexity index is 455.